The van der Waals surface area contributed by atoms with Gasteiger partial charge in [0, 0.05) is 18.2 Å². The molecule has 0 radical (unpaired) electrons. The van der Waals surface area contributed by atoms with Crippen LogP contribution in [-0.4, -0.2) is 10.9 Å². The van der Waals surface area contributed by atoms with Gasteiger partial charge in [-0.15, -0.1) is 0 Å². The minimum absolute atomic E-state index is 0.0115. The molecule has 1 amide bonds. The van der Waals surface area contributed by atoms with Gasteiger partial charge in [-0.2, -0.15) is 0 Å². The molecule has 0 bridgehead atoms. The highest BCUT2D eigenvalue weighted by Crippen LogP contribution is 2.18. The smallest absolute Gasteiger partial charge is 0.225 e. The van der Waals surface area contributed by atoms with Crippen molar-refractivity contribution in [2.45, 2.75) is 19.8 Å². The summed E-state index contributed by atoms with van der Waals surface area (Å²) in [6, 6.07) is 13.8. The summed E-state index contributed by atoms with van der Waals surface area (Å²) in [6.45, 7) is 1.98. The Labute approximate surface area is 107 Å². The highest BCUT2D eigenvalue weighted by atomic mass is 16.1. The average Bonchev–Trinajstić information content (AvgIpc) is 2.41. The molecule has 0 saturated heterocycles. The largest absolute Gasteiger partial charge is 0.311 e. The summed E-state index contributed by atoms with van der Waals surface area (Å²) in [6.07, 6.45) is 3.15. The number of amides is 1. The molecule has 0 spiro atoms. The van der Waals surface area contributed by atoms with E-state index in [-0.39, 0.29) is 5.91 Å². The van der Waals surface area contributed by atoms with Crippen LogP contribution in [0, 0.1) is 0 Å². The van der Waals surface area contributed by atoms with Crippen molar-refractivity contribution < 1.29 is 4.79 Å². The van der Waals surface area contributed by atoms with Crippen molar-refractivity contribution in [1.29, 1.82) is 0 Å². The topological polar surface area (TPSA) is 42.0 Å². The number of nitrogens with one attached hydrogen (secondary N) is 1. The number of aromatic nitrogens is 1. The molecule has 0 saturated carbocycles. The first kappa shape index (κ1) is 12.3. The molecule has 3 heteroatoms. The number of rotatable bonds is 4. The highest BCUT2D eigenvalue weighted by molar-refractivity contribution is 5.89. The Kier molecular flexibility index (Phi) is 4.07. The standard InChI is InChI=1S/C15H16N2O/c1-2-6-15(18)17-14-10-9-13(11-16-14)12-7-4-3-5-8-12/h3-5,7-11H,2,6H2,1H3,(H,16,17,18). The van der Waals surface area contributed by atoms with Crippen molar-refractivity contribution in [2.24, 2.45) is 0 Å². The molecule has 0 fully saturated rings. The summed E-state index contributed by atoms with van der Waals surface area (Å²) < 4.78 is 0. The third-order valence-corrected chi connectivity index (χ3v) is 2.62. The van der Waals surface area contributed by atoms with E-state index in [0.717, 1.165) is 17.5 Å². The number of benzene rings is 1. The van der Waals surface area contributed by atoms with E-state index in [9.17, 15) is 4.79 Å². The van der Waals surface area contributed by atoms with E-state index in [1.54, 1.807) is 6.20 Å². The fourth-order valence-electron chi connectivity index (χ4n) is 1.70. The van der Waals surface area contributed by atoms with Crippen molar-refractivity contribution in [3.05, 3.63) is 48.7 Å². The van der Waals surface area contributed by atoms with Gasteiger partial charge >= 0.3 is 0 Å². The van der Waals surface area contributed by atoms with Gasteiger partial charge in [-0.1, -0.05) is 37.3 Å². The molecule has 2 aromatic rings. The van der Waals surface area contributed by atoms with Crippen molar-refractivity contribution in [3.8, 4) is 11.1 Å². The zero-order chi connectivity index (χ0) is 12.8. The molecule has 18 heavy (non-hydrogen) atoms. The van der Waals surface area contributed by atoms with Crippen molar-refractivity contribution >= 4 is 11.7 Å². The molecule has 92 valence electrons. The summed E-state index contributed by atoms with van der Waals surface area (Å²) in [4.78, 5) is 15.7. The molecule has 0 atom stereocenters. The molecule has 1 N–H and O–H groups in total. The summed E-state index contributed by atoms with van der Waals surface area (Å²) in [5.41, 5.74) is 2.17. The van der Waals surface area contributed by atoms with E-state index in [1.165, 1.54) is 0 Å². The molecule has 2 rings (SSSR count). The highest BCUT2D eigenvalue weighted by Gasteiger charge is 2.02. The number of hydrogen-bond acceptors (Lipinski definition) is 2. The third kappa shape index (κ3) is 3.17. The van der Waals surface area contributed by atoms with Crippen LogP contribution >= 0.6 is 0 Å². The SMILES string of the molecule is CCCC(=O)Nc1ccc(-c2ccccc2)cn1. The zero-order valence-corrected chi connectivity index (χ0v) is 10.4. The van der Waals surface area contributed by atoms with Gasteiger partial charge in [0.05, 0.1) is 0 Å². The van der Waals surface area contributed by atoms with Crippen LogP contribution in [0.15, 0.2) is 48.7 Å². The number of anilines is 1. The monoisotopic (exact) mass is 240 g/mol. The van der Waals surface area contributed by atoms with Crippen LogP contribution in [-0.2, 0) is 4.79 Å². The van der Waals surface area contributed by atoms with Gasteiger partial charge in [0.15, 0.2) is 0 Å². The van der Waals surface area contributed by atoms with Gasteiger partial charge in [-0.3, -0.25) is 4.79 Å². The van der Waals surface area contributed by atoms with Gasteiger partial charge in [-0.25, -0.2) is 4.98 Å². The predicted octanol–water partition coefficient (Wildman–Crippen LogP) is 3.49. The second-order valence-corrected chi connectivity index (χ2v) is 4.10. The Morgan fingerprint density at radius 2 is 1.89 bits per heavy atom. The number of carbonyl (C=O) groups is 1. The first-order valence-electron chi connectivity index (χ1n) is 6.11. The van der Waals surface area contributed by atoms with Crippen LogP contribution in [0.5, 0.6) is 0 Å². The minimum Gasteiger partial charge on any atom is -0.311 e. The lowest BCUT2D eigenvalue weighted by Crippen LogP contribution is -2.11. The maximum absolute atomic E-state index is 11.4. The molecular weight excluding hydrogens is 224 g/mol. The molecule has 0 aliphatic carbocycles. The second-order valence-electron chi connectivity index (χ2n) is 4.10. The molecule has 1 aromatic carbocycles. The predicted molar refractivity (Wildman–Crippen MR) is 73.2 cm³/mol. The maximum atomic E-state index is 11.4. The lowest BCUT2D eigenvalue weighted by Gasteiger charge is -2.05. The van der Waals surface area contributed by atoms with E-state index in [1.807, 2.05) is 49.4 Å². The summed E-state index contributed by atoms with van der Waals surface area (Å²) in [5, 5.41) is 2.77. The third-order valence-electron chi connectivity index (χ3n) is 2.62. The molecular formula is C15H16N2O. The Morgan fingerprint density at radius 1 is 1.11 bits per heavy atom. The van der Waals surface area contributed by atoms with Crippen LogP contribution in [0.3, 0.4) is 0 Å². The number of hydrogen-bond donors (Lipinski definition) is 1. The van der Waals surface area contributed by atoms with Gasteiger partial charge in [0.2, 0.25) is 5.91 Å². The fraction of sp³-hybridized carbons (Fsp3) is 0.200. The molecule has 1 heterocycles. The molecule has 3 nitrogen and oxygen atoms in total. The lowest BCUT2D eigenvalue weighted by atomic mass is 10.1. The normalized spacial score (nSPS) is 10.1. The Morgan fingerprint density at radius 3 is 2.50 bits per heavy atom. The Balaban J connectivity index is 2.09. The van der Waals surface area contributed by atoms with Crippen LogP contribution in [0.25, 0.3) is 11.1 Å². The average molecular weight is 240 g/mol. The minimum atomic E-state index is 0.0115. The van der Waals surface area contributed by atoms with E-state index in [0.29, 0.717) is 12.2 Å². The fourth-order valence-corrected chi connectivity index (χ4v) is 1.70. The van der Waals surface area contributed by atoms with Gasteiger partial charge in [0.1, 0.15) is 5.82 Å². The summed E-state index contributed by atoms with van der Waals surface area (Å²) in [7, 11) is 0. The van der Waals surface area contributed by atoms with E-state index in [2.05, 4.69) is 10.3 Å². The summed E-state index contributed by atoms with van der Waals surface area (Å²) >= 11 is 0. The van der Waals surface area contributed by atoms with E-state index >= 15 is 0 Å². The summed E-state index contributed by atoms with van der Waals surface area (Å²) in [5.74, 6) is 0.616. The van der Waals surface area contributed by atoms with Gasteiger partial charge < -0.3 is 5.32 Å². The van der Waals surface area contributed by atoms with Crippen molar-refractivity contribution in [3.63, 3.8) is 0 Å². The van der Waals surface area contributed by atoms with E-state index < -0.39 is 0 Å². The van der Waals surface area contributed by atoms with Crippen molar-refractivity contribution in [1.82, 2.24) is 4.98 Å². The van der Waals surface area contributed by atoms with E-state index in [4.69, 9.17) is 0 Å². The maximum Gasteiger partial charge on any atom is 0.225 e. The molecule has 1 aromatic heterocycles. The first-order valence-corrected chi connectivity index (χ1v) is 6.11. The van der Waals surface area contributed by atoms with Gasteiger partial charge in [0.25, 0.3) is 0 Å². The molecule has 0 unspecified atom stereocenters. The lowest BCUT2D eigenvalue weighted by molar-refractivity contribution is -0.116. The zero-order valence-electron chi connectivity index (χ0n) is 10.4. The first-order chi connectivity index (χ1) is 8.79. The van der Waals surface area contributed by atoms with Crippen LogP contribution in [0.1, 0.15) is 19.8 Å². The number of pyridine rings is 1. The van der Waals surface area contributed by atoms with Crippen molar-refractivity contribution in [2.75, 3.05) is 5.32 Å². The Hall–Kier alpha value is -2.16. The second kappa shape index (κ2) is 5.96. The number of carbonyl (C=O) groups excluding carboxylic acids is 1. The van der Waals surface area contributed by atoms with Crippen LogP contribution in [0.4, 0.5) is 5.82 Å². The van der Waals surface area contributed by atoms with Gasteiger partial charge in [-0.05, 0) is 24.1 Å². The molecule has 0 aliphatic heterocycles. The Bertz CT molecular complexity index is 506. The molecule has 0 aliphatic rings. The van der Waals surface area contributed by atoms with Crippen LogP contribution < -0.4 is 5.32 Å². The quantitative estimate of drug-likeness (QED) is 0.888. The van der Waals surface area contributed by atoms with Crippen LogP contribution in [0.2, 0.25) is 0 Å². The number of nitrogens with zero attached hydrogens (tertiary/aromatic N) is 1.